The van der Waals surface area contributed by atoms with Gasteiger partial charge in [-0.25, -0.2) is 0 Å². The van der Waals surface area contributed by atoms with Gasteiger partial charge in [-0.2, -0.15) is 0 Å². The minimum Gasteiger partial charge on any atom is -0.0736 e. The average molecular weight is 166 g/mol. The van der Waals surface area contributed by atoms with Gasteiger partial charge in [-0.1, -0.05) is 31.9 Å². The molecule has 0 aliphatic heterocycles. The molecule has 0 amide bonds. The van der Waals surface area contributed by atoms with Gasteiger partial charge in [-0.15, -0.1) is 0 Å². The standard InChI is InChI=1S/C12H22/c1-5-11-10(3)8-7-9-12(11,4)6-2/h5-9H2,1-4H3. The third kappa shape index (κ3) is 1.57. The number of rotatable bonds is 2. The summed E-state index contributed by atoms with van der Waals surface area (Å²) in [6.45, 7) is 9.40. The number of hydrogen-bond acceptors (Lipinski definition) is 0. The van der Waals surface area contributed by atoms with Gasteiger partial charge in [-0.05, 0) is 44.4 Å². The van der Waals surface area contributed by atoms with Crippen molar-refractivity contribution in [2.24, 2.45) is 5.41 Å². The van der Waals surface area contributed by atoms with Gasteiger partial charge in [0.1, 0.15) is 0 Å². The summed E-state index contributed by atoms with van der Waals surface area (Å²) in [5.74, 6) is 0. The van der Waals surface area contributed by atoms with E-state index in [0.717, 1.165) is 0 Å². The van der Waals surface area contributed by atoms with Gasteiger partial charge >= 0.3 is 0 Å². The topological polar surface area (TPSA) is 0 Å². The molecule has 0 N–H and O–H groups in total. The molecule has 1 unspecified atom stereocenters. The molecule has 0 nitrogen and oxygen atoms in total. The Balaban J connectivity index is 2.94. The zero-order chi connectivity index (χ0) is 9.19. The van der Waals surface area contributed by atoms with E-state index in [1.165, 1.54) is 32.1 Å². The average Bonchev–Trinajstić information content (AvgIpc) is 2.05. The fraction of sp³-hybridized carbons (Fsp3) is 0.833. The molecule has 1 rings (SSSR count). The third-order valence-electron chi connectivity index (χ3n) is 3.66. The lowest BCUT2D eigenvalue weighted by molar-refractivity contribution is 0.310. The molecule has 0 aromatic rings. The number of hydrogen-bond donors (Lipinski definition) is 0. The van der Waals surface area contributed by atoms with Crippen LogP contribution in [0.1, 0.15) is 59.8 Å². The third-order valence-corrected chi connectivity index (χ3v) is 3.66. The Bertz CT molecular complexity index is 188. The molecule has 0 aromatic carbocycles. The van der Waals surface area contributed by atoms with Crippen LogP contribution >= 0.6 is 0 Å². The van der Waals surface area contributed by atoms with E-state index in [-0.39, 0.29) is 0 Å². The van der Waals surface area contributed by atoms with Crippen molar-refractivity contribution in [2.75, 3.05) is 0 Å². The van der Waals surface area contributed by atoms with Crippen molar-refractivity contribution in [3.05, 3.63) is 11.1 Å². The van der Waals surface area contributed by atoms with Crippen LogP contribution < -0.4 is 0 Å². The molecular formula is C12H22. The molecular weight excluding hydrogens is 144 g/mol. The molecule has 0 saturated carbocycles. The number of allylic oxidation sites excluding steroid dienone is 2. The van der Waals surface area contributed by atoms with Crippen LogP contribution in [0.2, 0.25) is 0 Å². The zero-order valence-electron chi connectivity index (χ0n) is 9.04. The Morgan fingerprint density at radius 3 is 2.42 bits per heavy atom. The molecule has 0 aromatic heterocycles. The lowest BCUT2D eigenvalue weighted by Gasteiger charge is -2.36. The van der Waals surface area contributed by atoms with E-state index in [0.29, 0.717) is 5.41 Å². The fourth-order valence-corrected chi connectivity index (χ4v) is 2.68. The summed E-state index contributed by atoms with van der Waals surface area (Å²) in [6.07, 6.45) is 6.73. The highest BCUT2D eigenvalue weighted by molar-refractivity contribution is 5.22. The van der Waals surface area contributed by atoms with Crippen molar-refractivity contribution < 1.29 is 0 Å². The molecule has 1 aliphatic rings. The Hall–Kier alpha value is -0.260. The van der Waals surface area contributed by atoms with Gasteiger partial charge in [0.25, 0.3) is 0 Å². The summed E-state index contributed by atoms with van der Waals surface area (Å²) in [5, 5.41) is 0. The van der Waals surface area contributed by atoms with Crippen LogP contribution in [-0.2, 0) is 0 Å². The van der Waals surface area contributed by atoms with Crippen molar-refractivity contribution >= 4 is 0 Å². The lowest BCUT2D eigenvalue weighted by atomic mass is 9.69. The van der Waals surface area contributed by atoms with Crippen molar-refractivity contribution in [1.82, 2.24) is 0 Å². The molecule has 0 radical (unpaired) electrons. The van der Waals surface area contributed by atoms with Gasteiger partial charge < -0.3 is 0 Å². The van der Waals surface area contributed by atoms with Crippen molar-refractivity contribution in [1.29, 1.82) is 0 Å². The largest absolute Gasteiger partial charge is 0.0736 e. The fourth-order valence-electron chi connectivity index (χ4n) is 2.68. The normalized spacial score (nSPS) is 31.0. The van der Waals surface area contributed by atoms with Gasteiger partial charge in [0.05, 0.1) is 0 Å². The van der Waals surface area contributed by atoms with Gasteiger partial charge in [-0.3, -0.25) is 0 Å². The zero-order valence-corrected chi connectivity index (χ0v) is 9.04. The summed E-state index contributed by atoms with van der Waals surface area (Å²) in [6, 6.07) is 0. The second kappa shape index (κ2) is 3.64. The Kier molecular flexibility index (Phi) is 2.98. The summed E-state index contributed by atoms with van der Waals surface area (Å²) >= 11 is 0. The first-order chi connectivity index (χ1) is 5.64. The van der Waals surface area contributed by atoms with Gasteiger partial charge in [0.2, 0.25) is 0 Å². The van der Waals surface area contributed by atoms with Crippen LogP contribution in [0.15, 0.2) is 11.1 Å². The maximum Gasteiger partial charge on any atom is -0.0116 e. The molecule has 0 heterocycles. The van der Waals surface area contributed by atoms with Crippen LogP contribution in [0.5, 0.6) is 0 Å². The lowest BCUT2D eigenvalue weighted by Crippen LogP contribution is -2.22. The van der Waals surface area contributed by atoms with Crippen LogP contribution in [0.4, 0.5) is 0 Å². The van der Waals surface area contributed by atoms with Gasteiger partial charge in [0, 0.05) is 0 Å². The first-order valence-electron chi connectivity index (χ1n) is 5.33. The summed E-state index contributed by atoms with van der Waals surface area (Å²) in [5.41, 5.74) is 3.96. The van der Waals surface area contributed by atoms with E-state index in [1.54, 1.807) is 11.1 Å². The minimum absolute atomic E-state index is 0.539. The second-order valence-corrected chi connectivity index (χ2v) is 4.38. The molecule has 0 saturated heterocycles. The monoisotopic (exact) mass is 166 g/mol. The van der Waals surface area contributed by atoms with Gasteiger partial charge in [0.15, 0.2) is 0 Å². The summed E-state index contributed by atoms with van der Waals surface area (Å²) in [4.78, 5) is 0. The smallest absolute Gasteiger partial charge is 0.0116 e. The van der Waals surface area contributed by atoms with Crippen LogP contribution in [0, 0.1) is 5.41 Å². The van der Waals surface area contributed by atoms with E-state index in [1.807, 2.05) is 0 Å². The molecule has 0 bridgehead atoms. The molecule has 1 atom stereocenters. The molecule has 1 aliphatic carbocycles. The Morgan fingerprint density at radius 1 is 1.33 bits per heavy atom. The molecule has 0 spiro atoms. The maximum absolute atomic E-state index is 2.44. The van der Waals surface area contributed by atoms with E-state index in [2.05, 4.69) is 27.7 Å². The highest BCUT2D eigenvalue weighted by Gasteiger charge is 2.29. The molecule has 70 valence electrons. The van der Waals surface area contributed by atoms with E-state index in [4.69, 9.17) is 0 Å². The highest BCUT2D eigenvalue weighted by atomic mass is 14.3. The van der Waals surface area contributed by atoms with Crippen LogP contribution in [0.25, 0.3) is 0 Å². The predicted octanol–water partition coefficient (Wildman–Crippen LogP) is 4.31. The van der Waals surface area contributed by atoms with E-state index < -0.39 is 0 Å². The van der Waals surface area contributed by atoms with Crippen molar-refractivity contribution in [3.8, 4) is 0 Å². The highest BCUT2D eigenvalue weighted by Crippen LogP contribution is 2.44. The van der Waals surface area contributed by atoms with E-state index in [9.17, 15) is 0 Å². The first kappa shape index (κ1) is 9.83. The predicted molar refractivity (Wildman–Crippen MR) is 55.2 cm³/mol. The SMILES string of the molecule is CCC1=C(C)CCCC1(C)CC. The van der Waals surface area contributed by atoms with Crippen molar-refractivity contribution in [2.45, 2.75) is 59.8 Å². The first-order valence-corrected chi connectivity index (χ1v) is 5.33. The molecule has 0 fully saturated rings. The summed E-state index contributed by atoms with van der Waals surface area (Å²) < 4.78 is 0. The van der Waals surface area contributed by atoms with Crippen LogP contribution in [-0.4, -0.2) is 0 Å². The van der Waals surface area contributed by atoms with E-state index >= 15 is 0 Å². The molecule has 12 heavy (non-hydrogen) atoms. The Morgan fingerprint density at radius 2 is 2.00 bits per heavy atom. The second-order valence-electron chi connectivity index (χ2n) is 4.38. The quantitative estimate of drug-likeness (QED) is 0.536. The summed E-state index contributed by atoms with van der Waals surface area (Å²) in [7, 11) is 0. The van der Waals surface area contributed by atoms with Crippen LogP contribution in [0.3, 0.4) is 0 Å². The minimum atomic E-state index is 0.539. The van der Waals surface area contributed by atoms with Crippen molar-refractivity contribution in [3.63, 3.8) is 0 Å². The molecule has 0 heteroatoms. The maximum atomic E-state index is 2.44. The Labute approximate surface area is 77.1 Å².